The molecular weight excluding hydrogens is 521 g/mol. The minimum absolute atomic E-state index is 0.0943. The SMILES string of the molecule is O=C(NCc1ccc(/C=N/NC(=O)C(=O)Nc2ccccc2Cl)o1)C(=O)Nc1cc(Cl)cc(Cl)c1. The van der Waals surface area contributed by atoms with E-state index in [0.29, 0.717) is 15.8 Å². The molecule has 1 heterocycles. The maximum Gasteiger partial charge on any atom is 0.329 e. The molecule has 10 nitrogen and oxygen atoms in total. The van der Waals surface area contributed by atoms with E-state index >= 15 is 0 Å². The average Bonchev–Trinajstić information content (AvgIpc) is 3.25. The van der Waals surface area contributed by atoms with Crippen molar-refractivity contribution in [3.63, 3.8) is 0 Å². The molecule has 0 radical (unpaired) electrons. The van der Waals surface area contributed by atoms with Gasteiger partial charge >= 0.3 is 23.6 Å². The highest BCUT2D eigenvalue weighted by Gasteiger charge is 2.16. The standard InChI is InChI=1S/C22H16Cl3N5O5/c23-12-7-13(24)9-14(8-12)28-20(32)19(31)26-10-15-5-6-16(35-15)11-27-30-22(34)21(33)29-18-4-2-1-3-17(18)25/h1-9,11H,10H2,(H,26,31)(H,28,32)(H,29,33)(H,30,34)/b27-11+. The lowest BCUT2D eigenvalue weighted by Gasteiger charge is -2.06. The zero-order valence-electron chi connectivity index (χ0n) is 17.6. The summed E-state index contributed by atoms with van der Waals surface area (Å²) in [4.78, 5) is 47.8. The van der Waals surface area contributed by atoms with Gasteiger partial charge in [0.1, 0.15) is 11.5 Å². The second-order valence-electron chi connectivity index (χ2n) is 6.73. The number of nitrogens with zero attached hydrogens (tertiary/aromatic N) is 1. The van der Waals surface area contributed by atoms with E-state index in [9.17, 15) is 19.2 Å². The van der Waals surface area contributed by atoms with Gasteiger partial charge in [0.25, 0.3) is 0 Å². The Kier molecular flexibility index (Phi) is 8.85. The third-order valence-corrected chi connectivity index (χ3v) is 4.88. The van der Waals surface area contributed by atoms with Crippen LogP contribution in [0.2, 0.25) is 15.1 Å². The fraction of sp³-hybridized carbons (Fsp3) is 0.0455. The molecule has 0 atom stereocenters. The smallest absolute Gasteiger partial charge is 0.329 e. The van der Waals surface area contributed by atoms with Gasteiger partial charge in [-0.3, -0.25) is 19.2 Å². The molecule has 4 N–H and O–H groups in total. The number of carbonyl (C=O) groups excluding carboxylic acids is 4. The molecule has 3 aromatic rings. The number of hydrogen-bond acceptors (Lipinski definition) is 6. The number of anilines is 2. The second kappa shape index (κ2) is 12.0. The van der Waals surface area contributed by atoms with Crippen molar-refractivity contribution < 1.29 is 23.6 Å². The van der Waals surface area contributed by atoms with Crippen molar-refractivity contribution in [3.8, 4) is 0 Å². The number of carbonyl (C=O) groups is 4. The van der Waals surface area contributed by atoms with Crippen LogP contribution in [0.15, 0.2) is 64.1 Å². The highest BCUT2D eigenvalue weighted by atomic mass is 35.5. The van der Waals surface area contributed by atoms with Crippen LogP contribution in [0.3, 0.4) is 0 Å². The normalized spacial score (nSPS) is 10.6. The molecule has 0 bridgehead atoms. The van der Waals surface area contributed by atoms with Gasteiger partial charge in [-0.15, -0.1) is 0 Å². The molecule has 0 aliphatic carbocycles. The van der Waals surface area contributed by atoms with E-state index in [0.717, 1.165) is 6.21 Å². The van der Waals surface area contributed by atoms with E-state index < -0.39 is 23.6 Å². The van der Waals surface area contributed by atoms with Crippen molar-refractivity contribution in [1.82, 2.24) is 10.7 Å². The number of nitrogens with one attached hydrogen (secondary N) is 4. The lowest BCUT2D eigenvalue weighted by Crippen LogP contribution is -2.34. The van der Waals surface area contributed by atoms with E-state index in [1.165, 1.54) is 36.4 Å². The number of furan rings is 1. The first kappa shape index (κ1) is 25.8. The van der Waals surface area contributed by atoms with Crippen LogP contribution >= 0.6 is 34.8 Å². The molecule has 4 amide bonds. The van der Waals surface area contributed by atoms with E-state index in [1.807, 2.05) is 0 Å². The van der Waals surface area contributed by atoms with E-state index in [2.05, 4.69) is 26.5 Å². The first-order chi connectivity index (χ1) is 16.7. The van der Waals surface area contributed by atoms with Gasteiger partial charge in [0.15, 0.2) is 0 Å². The van der Waals surface area contributed by atoms with Crippen molar-refractivity contribution in [3.05, 3.63) is 81.2 Å². The van der Waals surface area contributed by atoms with Gasteiger partial charge in [-0.05, 0) is 42.5 Å². The van der Waals surface area contributed by atoms with Crippen LogP contribution in [0.4, 0.5) is 11.4 Å². The van der Waals surface area contributed by atoms with Crippen molar-refractivity contribution in [2.45, 2.75) is 6.54 Å². The van der Waals surface area contributed by atoms with Gasteiger partial charge in [0.05, 0.1) is 23.5 Å². The number of amides is 4. The van der Waals surface area contributed by atoms with Crippen molar-refractivity contribution >= 4 is 76.0 Å². The zero-order valence-corrected chi connectivity index (χ0v) is 19.9. The lowest BCUT2D eigenvalue weighted by atomic mass is 10.3. The maximum atomic E-state index is 12.0. The lowest BCUT2D eigenvalue weighted by molar-refractivity contribution is -0.136. The fourth-order valence-electron chi connectivity index (χ4n) is 2.57. The molecule has 35 heavy (non-hydrogen) atoms. The van der Waals surface area contributed by atoms with E-state index in [4.69, 9.17) is 39.2 Å². The molecule has 13 heteroatoms. The Bertz CT molecular complexity index is 1290. The van der Waals surface area contributed by atoms with Gasteiger partial charge in [0, 0.05) is 15.7 Å². The van der Waals surface area contributed by atoms with Crippen LogP contribution in [-0.4, -0.2) is 29.8 Å². The molecule has 0 unspecified atom stereocenters. The van der Waals surface area contributed by atoms with Gasteiger partial charge in [-0.25, -0.2) is 5.43 Å². The molecule has 1 aromatic heterocycles. The molecule has 0 aliphatic heterocycles. The minimum Gasteiger partial charge on any atom is -0.458 e. The highest BCUT2D eigenvalue weighted by Crippen LogP contribution is 2.22. The summed E-state index contributed by atoms with van der Waals surface area (Å²) in [5.74, 6) is -3.29. The van der Waals surface area contributed by atoms with Crippen LogP contribution in [-0.2, 0) is 25.7 Å². The first-order valence-electron chi connectivity index (χ1n) is 9.74. The van der Waals surface area contributed by atoms with Crippen LogP contribution < -0.4 is 21.4 Å². The number of benzene rings is 2. The zero-order chi connectivity index (χ0) is 25.4. The largest absolute Gasteiger partial charge is 0.458 e. The molecular formula is C22H16Cl3N5O5. The van der Waals surface area contributed by atoms with Gasteiger partial charge in [0.2, 0.25) is 0 Å². The summed E-state index contributed by atoms with van der Waals surface area (Å²) in [7, 11) is 0. The second-order valence-corrected chi connectivity index (χ2v) is 8.01. The molecule has 2 aromatic carbocycles. The van der Waals surface area contributed by atoms with E-state index in [1.54, 1.807) is 18.2 Å². The summed E-state index contributed by atoms with van der Waals surface area (Å²) in [5.41, 5.74) is 2.59. The predicted octanol–water partition coefficient (Wildman–Crippen LogP) is 3.58. The molecule has 0 saturated heterocycles. The van der Waals surface area contributed by atoms with Crippen LogP contribution in [0.5, 0.6) is 0 Å². The first-order valence-corrected chi connectivity index (χ1v) is 10.9. The molecule has 3 rings (SSSR count). The van der Waals surface area contributed by atoms with Crippen molar-refractivity contribution in [2.75, 3.05) is 10.6 Å². The minimum atomic E-state index is -1.02. The van der Waals surface area contributed by atoms with Crippen LogP contribution in [0, 0.1) is 0 Å². The Labute approximate surface area is 213 Å². The number of hydrazone groups is 1. The number of hydrogen-bond donors (Lipinski definition) is 4. The van der Waals surface area contributed by atoms with Gasteiger partial charge in [-0.1, -0.05) is 46.9 Å². The molecule has 0 saturated carbocycles. The van der Waals surface area contributed by atoms with Gasteiger partial charge in [-0.2, -0.15) is 5.10 Å². The topological polar surface area (TPSA) is 142 Å². The Hall–Kier alpha value is -3.86. The molecule has 0 fully saturated rings. The fourth-order valence-corrected chi connectivity index (χ4v) is 3.28. The van der Waals surface area contributed by atoms with E-state index in [-0.39, 0.29) is 28.7 Å². The third kappa shape index (κ3) is 7.85. The number of para-hydroxylation sites is 1. The molecule has 180 valence electrons. The van der Waals surface area contributed by atoms with Crippen LogP contribution in [0.25, 0.3) is 0 Å². The summed E-state index contributed by atoms with van der Waals surface area (Å²) < 4.78 is 5.42. The van der Waals surface area contributed by atoms with Gasteiger partial charge < -0.3 is 20.4 Å². The third-order valence-electron chi connectivity index (χ3n) is 4.12. The number of halogens is 3. The summed E-state index contributed by atoms with van der Waals surface area (Å²) in [6.07, 6.45) is 1.15. The Balaban J connectivity index is 1.45. The number of rotatable bonds is 6. The quantitative estimate of drug-likeness (QED) is 0.216. The van der Waals surface area contributed by atoms with Crippen molar-refractivity contribution in [1.29, 1.82) is 0 Å². The van der Waals surface area contributed by atoms with Crippen LogP contribution in [0.1, 0.15) is 11.5 Å². The monoisotopic (exact) mass is 535 g/mol. The molecule has 0 aliphatic rings. The molecule has 0 spiro atoms. The summed E-state index contributed by atoms with van der Waals surface area (Å²) in [6.45, 7) is -0.0943. The van der Waals surface area contributed by atoms with Crippen molar-refractivity contribution in [2.24, 2.45) is 5.10 Å². The summed E-state index contributed by atoms with van der Waals surface area (Å²) >= 11 is 17.6. The maximum absolute atomic E-state index is 12.0. The summed E-state index contributed by atoms with van der Waals surface area (Å²) in [5, 5.41) is 11.6. The summed E-state index contributed by atoms with van der Waals surface area (Å²) in [6, 6.07) is 13.8. The highest BCUT2D eigenvalue weighted by molar-refractivity contribution is 6.41. The Morgan fingerprint density at radius 2 is 1.51 bits per heavy atom. The Morgan fingerprint density at radius 3 is 2.23 bits per heavy atom. The predicted molar refractivity (Wildman–Crippen MR) is 131 cm³/mol. The Morgan fingerprint density at radius 1 is 0.829 bits per heavy atom. The average molecular weight is 537 g/mol.